The number of halogens is 3. The fourth-order valence-corrected chi connectivity index (χ4v) is 11.0. The predicted octanol–water partition coefficient (Wildman–Crippen LogP) is 20.5. The van der Waals surface area contributed by atoms with Crippen LogP contribution in [-0.2, 0) is 52.1 Å². The molecule has 0 radical (unpaired) electrons. The number of aromatic nitrogens is 12. The molecule has 0 fully saturated rings. The smallest absolute Gasteiger partial charge is 0.338 e. The number of nitrogens with one attached hydrogen (secondary N) is 1. The van der Waals surface area contributed by atoms with Crippen molar-refractivity contribution in [1.29, 1.82) is 0 Å². The molecule has 0 aliphatic carbocycles. The number of hydrogen-bond donors (Lipinski definition) is 2. The van der Waals surface area contributed by atoms with Crippen LogP contribution in [0, 0.1) is 13.8 Å². The number of benzene rings is 4. The highest BCUT2D eigenvalue weighted by Crippen LogP contribution is 2.36. The number of amides is 3. The first-order chi connectivity index (χ1) is 48.6. The lowest BCUT2D eigenvalue weighted by atomic mass is 10.1. The van der Waals surface area contributed by atoms with Crippen molar-refractivity contribution in [1.82, 2.24) is 58.6 Å². The topological polar surface area (TPSA) is 247 Å². The summed E-state index contributed by atoms with van der Waals surface area (Å²) in [7, 11) is 5.72. The standard InChI is InChI=1S/C16H14N4O.C15H11BrN4O.C15H12N4O.C8H6O2.C7H7BrN4.8C2H6.2CH4.HI/c1-10-7-17-15-14(18-10)13(9-19(15)2)20-8-11-5-3-4-6-12(11)16(20)21;1-19-8-11(13-14(19)17-6-12(16)18-13)20-7-9-4-2-3-5-10(9)15(20)21;1-9-6-16-14-13(18-9)12(7-17-14)19-8-10-4-2-3-5-11(10)15(19)20;9-8-7-4-2-1-3-6(7)5-10-8;1-12-3-4(9)6-7(12)10-2-5(8)11-6;8*1-2;;;/h3-7,9H,8H2,1-2H3;2-6,8H,7H2,1H3;2-7H,8H2,1H3,(H,16,17);1-4H,5H2;2-3H,9H2,1H3;8*1-2H3;2*1H4;1H. The molecule has 24 heteroatoms. The molecule has 3 N–H and O–H groups in total. The fourth-order valence-electron chi connectivity index (χ4n) is 10.4. The maximum Gasteiger partial charge on any atom is 0.338 e. The van der Waals surface area contributed by atoms with E-state index in [1.807, 2.05) is 263 Å². The van der Waals surface area contributed by atoms with Crippen LogP contribution in [-0.4, -0.2) is 82.2 Å². The van der Waals surface area contributed by atoms with Crippen LogP contribution >= 0.6 is 55.8 Å². The van der Waals surface area contributed by atoms with Crippen LogP contribution in [0.15, 0.2) is 156 Å². The van der Waals surface area contributed by atoms with E-state index in [1.165, 1.54) is 0 Å². The molecule has 16 rings (SSSR count). The molecule has 4 aliphatic heterocycles. The Morgan fingerprint density at radius 3 is 1.17 bits per heavy atom. The van der Waals surface area contributed by atoms with Crippen molar-refractivity contribution in [3.63, 3.8) is 0 Å². The summed E-state index contributed by atoms with van der Waals surface area (Å²) >= 11 is 6.58. The molecular weight excluding hydrogens is 1540 g/mol. The number of ether oxygens (including phenoxy) is 1. The van der Waals surface area contributed by atoms with Gasteiger partial charge in [-0.2, -0.15) is 0 Å². The van der Waals surface area contributed by atoms with Crippen LogP contribution in [0.5, 0.6) is 0 Å². The second kappa shape index (κ2) is 45.7. The highest BCUT2D eigenvalue weighted by atomic mass is 127. The number of hydrogen-bond acceptors (Lipinski definition) is 14. The predicted molar refractivity (Wildman–Crippen MR) is 445 cm³/mol. The van der Waals surface area contributed by atoms with Gasteiger partial charge in [-0.3, -0.25) is 14.4 Å². The van der Waals surface area contributed by atoms with Gasteiger partial charge < -0.3 is 43.9 Å². The van der Waals surface area contributed by atoms with Crippen molar-refractivity contribution in [2.24, 2.45) is 21.1 Å². The molecule has 0 saturated carbocycles. The number of cyclic esters (lactones) is 1. The van der Waals surface area contributed by atoms with Gasteiger partial charge in [0, 0.05) is 68.2 Å². The summed E-state index contributed by atoms with van der Waals surface area (Å²) in [6.45, 7) is 38.0. The maximum absolute atomic E-state index is 12.6. The number of nitrogen functional groups attached to an aromatic ring is 1. The number of nitrogens with two attached hydrogens (primary N) is 1. The van der Waals surface area contributed by atoms with Crippen LogP contribution in [0.4, 0.5) is 22.7 Å². The zero-order valence-corrected chi connectivity index (χ0v) is 67.7. The molecule has 0 saturated heterocycles. The number of anilines is 4. The SMILES string of the molecule is C.C.CC.CC.CC.CC.CC.CC.CC.CC.Cc1cnc2[nH]cc(N3Cc4ccccc4C3=O)c2n1.Cc1cnc2c(n1)c(N1Cc3ccccc3C1=O)cn2C.Cn1cc(N)c2nc(Br)cnc21.Cn1cc(N2Cc3ccccc3C2=O)c2nc(Br)cnc21.I.O=C1OCc2ccccc21. The van der Waals surface area contributed by atoms with Crippen LogP contribution < -0.4 is 20.4 Å². The molecule has 12 aromatic rings. The Morgan fingerprint density at radius 2 is 0.748 bits per heavy atom. The third-order valence-electron chi connectivity index (χ3n) is 14.5. The highest BCUT2D eigenvalue weighted by Gasteiger charge is 2.33. The first-order valence-corrected chi connectivity index (χ1v) is 35.9. The minimum atomic E-state index is -0.199. The number of esters is 1. The first-order valence-electron chi connectivity index (χ1n) is 34.3. The van der Waals surface area contributed by atoms with Crippen molar-refractivity contribution in [2.75, 3.05) is 20.4 Å². The zero-order chi connectivity index (χ0) is 74.5. The lowest BCUT2D eigenvalue weighted by Crippen LogP contribution is -2.22. The number of H-pyrrole nitrogens is 1. The molecule has 0 spiro atoms. The molecule has 103 heavy (non-hydrogen) atoms. The minimum Gasteiger partial charge on any atom is -0.457 e. The van der Waals surface area contributed by atoms with Gasteiger partial charge in [0.25, 0.3) is 17.7 Å². The number of nitrogens with zero attached hydrogens (tertiary/aromatic N) is 14. The second-order valence-electron chi connectivity index (χ2n) is 20.1. The van der Waals surface area contributed by atoms with Gasteiger partial charge in [0.1, 0.15) is 37.9 Å². The fraction of sp³-hybridized carbons (Fsp3) is 0.342. The summed E-state index contributed by atoms with van der Waals surface area (Å²) in [5.74, 6) is -0.137. The van der Waals surface area contributed by atoms with Gasteiger partial charge in [-0.1, -0.05) is 198 Å². The van der Waals surface area contributed by atoms with Crippen LogP contribution in [0.1, 0.15) is 201 Å². The summed E-state index contributed by atoms with van der Waals surface area (Å²) in [6.07, 6.45) is 14.2. The van der Waals surface area contributed by atoms with E-state index in [9.17, 15) is 19.2 Å². The van der Waals surface area contributed by atoms with Crippen LogP contribution in [0.25, 0.3) is 44.7 Å². The van der Waals surface area contributed by atoms with Crippen LogP contribution in [0.3, 0.4) is 0 Å². The van der Waals surface area contributed by atoms with Crippen molar-refractivity contribution >= 4 is 147 Å². The lowest BCUT2D eigenvalue weighted by Gasteiger charge is -2.13. The average Bonchev–Trinajstić information content (AvgIpc) is 1.62. The summed E-state index contributed by atoms with van der Waals surface area (Å²) in [6, 6.07) is 30.5. The van der Waals surface area contributed by atoms with E-state index in [0.717, 1.165) is 106 Å². The Labute approximate surface area is 643 Å². The number of aryl methyl sites for hydroxylation is 5. The molecule has 0 atom stereocenters. The third kappa shape index (κ3) is 21.4. The second-order valence-corrected chi connectivity index (χ2v) is 21.7. The summed E-state index contributed by atoms with van der Waals surface area (Å²) < 4.78 is 11.8. The molecule has 4 aliphatic rings. The first kappa shape index (κ1) is 91.7. The lowest BCUT2D eigenvalue weighted by molar-refractivity contribution is 0.0534. The summed E-state index contributed by atoms with van der Waals surface area (Å²) in [4.78, 5) is 91.9. The quantitative estimate of drug-likeness (QED) is 0.123. The van der Waals surface area contributed by atoms with Crippen LogP contribution in [0.2, 0.25) is 0 Å². The number of rotatable bonds is 3. The van der Waals surface area contributed by atoms with Crippen molar-refractivity contribution in [3.8, 4) is 0 Å². The summed E-state index contributed by atoms with van der Waals surface area (Å²) in [5.41, 5.74) is 23.6. The Kier molecular flexibility index (Phi) is 40.7. The normalized spacial score (nSPS) is 11.6. The van der Waals surface area contributed by atoms with E-state index in [4.69, 9.17) is 10.5 Å². The van der Waals surface area contributed by atoms with E-state index in [2.05, 4.69) is 76.7 Å². The third-order valence-corrected chi connectivity index (χ3v) is 15.2. The Morgan fingerprint density at radius 1 is 0.417 bits per heavy atom. The maximum atomic E-state index is 12.6. The molecule has 12 heterocycles. The van der Waals surface area contributed by atoms with Gasteiger partial charge >= 0.3 is 5.97 Å². The van der Waals surface area contributed by atoms with Gasteiger partial charge in [-0.05, 0) is 86.7 Å². The number of aromatic amines is 1. The van der Waals surface area contributed by atoms with E-state index < -0.39 is 0 Å². The zero-order valence-electron chi connectivity index (χ0n) is 62.2. The van der Waals surface area contributed by atoms with Crippen molar-refractivity contribution < 1.29 is 23.9 Å². The molecular formula is C79H107Br2IN16O5. The molecule has 0 unspecified atom stereocenters. The Balaban J connectivity index is 0.000000619. The molecule has 4 aromatic carbocycles. The highest BCUT2D eigenvalue weighted by molar-refractivity contribution is 14.0. The van der Waals surface area contributed by atoms with Gasteiger partial charge in [-0.25, -0.2) is 44.7 Å². The number of carbonyl (C=O) groups is 4. The Bertz CT molecular complexity index is 4490. The average molecular weight is 1650 g/mol. The van der Waals surface area contributed by atoms with Crippen molar-refractivity contribution in [3.05, 3.63) is 212 Å². The van der Waals surface area contributed by atoms with Crippen molar-refractivity contribution in [2.45, 2.75) is 166 Å². The largest absolute Gasteiger partial charge is 0.457 e. The minimum absolute atomic E-state index is 0. The van der Waals surface area contributed by atoms with E-state index in [-0.39, 0.29) is 62.5 Å². The number of carbonyl (C=O) groups excluding carboxylic acids is 4. The number of fused-ring (bicyclic) bond motifs is 8. The molecule has 554 valence electrons. The van der Waals surface area contributed by atoms with Gasteiger partial charge in [0.05, 0.1) is 84.1 Å². The van der Waals surface area contributed by atoms with Gasteiger partial charge in [0.15, 0.2) is 22.6 Å². The van der Waals surface area contributed by atoms with Gasteiger partial charge in [-0.15, -0.1) is 24.0 Å². The van der Waals surface area contributed by atoms with Gasteiger partial charge in [0.2, 0.25) is 0 Å². The molecule has 3 amide bonds. The van der Waals surface area contributed by atoms with E-state index in [0.29, 0.717) is 52.3 Å². The van der Waals surface area contributed by atoms with E-state index >= 15 is 0 Å². The molecule has 21 nitrogen and oxygen atoms in total. The Hall–Kier alpha value is -9.27. The molecule has 8 aromatic heterocycles. The van der Waals surface area contributed by atoms with E-state index in [1.54, 1.807) is 57.9 Å². The molecule has 0 bridgehead atoms. The summed E-state index contributed by atoms with van der Waals surface area (Å²) in [5, 5.41) is 0. The monoisotopic (exact) mass is 1640 g/mol.